The van der Waals surface area contributed by atoms with Crippen LogP contribution in [0.2, 0.25) is 0 Å². The average Bonchev–Trinajstić information content (AvgIpc) is 2.90. The van der Waals surface area contributed by atoms with Crippen molar-refractivity contribution >= 4 is 16.9 Å². The van der Waals surface area contributed by atoms with Crippen molar-refractivity contribution in [2.24, 2.45) is 0 Å². The Bertz CT molecular complexity index is 794. The van der Waals surface area contributed by atoms with Crippen molar-refractivity contribution in [3.63, 3.8) is 0 Å². The number of hydrogen-bond acceptors (Lipinski definition) is 2. The number of halogens is 1. The van der Waals surface area contributed by atoms with Crippen LogP contribution in [0.25, 0.3) is 0 Å². The second-order valence-electron chi connectivity index (χ2n) is 8.27. The SMILES string of the molecule is CCCCCCCCCCCC(=O)OF.c1ccc([S+](c2ccccc2)c2ccccc2)cc1. The summed E-state index contributed by atoms with van der Waals surface area (Å²) in [5.74, 6) is -0.738. The third kappa shape index (κ3) is 11.0. The number of carbonyl (C=O) groups excluding carboxylic acids is 1. The highest BCUT2D eigenvalue weighted by atomic mass is 32.2. The largest absolute Gasteiger partial charge is 0.348 e. The molecule has 0 spiro atoms. The first-order valence-electron chi connectivity index (χ1n) is 12.5. The van der Waals surface area contributed by atoms with Crippen LogP contribution in [0.4, 0.5) is 4.53 Å². The van der Waals surface area contributed by atoms with E-state index in [0.717, 1.165) is 19.3 Å². The highest BCUT2D eigenvalue weighted by Gasteiger charge is 2.27. The van der Waals surface area contributed by atoms with Crippen LogP contribution in [-0.2, 0) is 20.6 Å². The van der Waals surface area contributed by atoms with Gasteiger partial charge in [-0.1, -0.05) is 113 Å². The van der Waals surface area contributed by atoms with E-state index in [4.69, 9.17) is 0 Å². The van der Waals surface area contributed by atoms with E-state index in [1.54, 1.807) is 0 Å². The van der Waals surface area contributed by atoms with Crippen LogP contribution in [-0.4, -0.2) is 5.97 Å². The van der Waals surface area contributed by atoms with E-state index in [-0.39, 0.29) is 17.3 Å². The molecule has 2 nitrogen and oxygen atoms in total. The minimum absolute atomic E-state index is 0.0146. The van der Waals surface area contributed by atoms with Crippen LogP contribution < -0.4 is 0 Å². The van der Waals surface area contributed by atoms with Crippen LogP contribution in [0, 0.1) is 0 Å². The molecule has 0 radical (unpaired) electrons. The molecule has 0 fully saturated rings. The van der Waals surface area contributed by atoms with Crippen LogP contribution in [0.15, 0.2) is 106 Å². The molecule has 0 bridgehead atoms. The summed E-state index contributed by atoms with van der Waals surface area (Å²) >= 11 is 0. The molecule has 0 aliphatic rings. The molecule has 0 unspecified atom stereocenters. The van der Waals surface area contributed by atoms with Gasteiger partial charge in [0.25, 0.3) is 0 Å². The number of unbranched alkanes of at least 4 members (excludes halogenated alkanes) is 8. The molecule has 0 N–H and O–H groups in total. The van der Waals surface area contributed by atoms with E-state index < -0.39 is 5.97 Å². The summed E-state index contributed by atoms with van der Waals surface area (Å²) in [7, 11) is -0.0146. The Morgan fingerprint density at radius 1 is 0.618 bits per heavy atom. The molecular formula is C30H38FO2S+. The fourth-order valence-electron chi connectivity index (χ4n) is 3.70. The lowest BCUT2D eigenvalue weighted by molar-refractivity contribution is -0.183. The third-order valence-electron chi connectivity index (χ3n) is 5.51. The van der Waals surface area contributed by atoms with Crippen molar-refractivity contribution in [3.8, 4) is 0 Å². The minimum Gasteiger partial charge on any atom is -0.255 e. The highest BCUT2D eigenvalue weighted by molar-refractivity contribution is 7.97. The van der Waals surface area contributed by atoms with Crippen molar-refractivity contribution < 1.29 is 14.3 Å². The third-order valence-corrected chi connectivity index (χ3v) is 7.74. The summed E-state index contributed by atoms with van der Waals surface area (Å²) in [6.45, 7) is 2.21. The Labute approximate surface area is 207 Å². The first-order valence-corrected chi connectivity index (χ1v) is 13.7. The second kappa shape index (κ2) is 17.8. The topological polar surface area (TPSA) is 26.3 Å². The lowest BCUT2D eigenvalue weighted by atomic mass is 10.1. The molecule has 3 rings (SSSR count). The van der Waals surface area contributed by atoms with E-state index in [1.807, 2.05) is 0 Å². The highest BCUT2D eigenvalue weighted by Crippen LogP contribution is 2.30. The summed E-state index contributed by atoms with van der Waals surface area (Å²) in [4.78, 5) is 17.6. The van der Waals surface area contributed by atoms with Gasteiger partial charge in [-0.3, -0.25) is 4.94 Å². The van der Waals surface area contributed by atoms with Crippen molar-refractivity contribution in [1.29, 1.82) is 0 Å². The van der Waals surface area contributed by atoms with Crippen LogP contribution in [0.5, 0.6) is 0 Å². The fraction of sp³-hybridized carbons (Fsp3) is 0.367. The Hall–Kier alpha value is -2.59. The van der Waals surface area contributed by atoms with Gasteiger partial charge in [-0.2, -0.15) is 0 Å². The normalized spacial score (nSPS) is 10.4. The average molecular weight is 482 g/mol. The van der Waals surface area contributed by atoms with Crippen molar-refractivity contribution in [2.75, 3.05) is 0 Å². The molecule has 0 heterocycles. The molecule has 0 saturated heterocycles. The summed E-state index contributed by atoms with van der Waals surface area (Å²) in [6.07, 6.45) is 10.9. The Kier molecular flexibility index (Phi) is 14.5. The van der Waals surface area contributed by atoms with Gasteiger partial charge < -0.3 is 0 Å². The molecule has 0 amide bonds. The van der Waals surface area contributed by atoms with Gasteiger partial charge in [-0.05, 0) is 42.8 Å². The first-order chi connectivity index (χ1) is 16.8. The Morgan fingerprint density at radius 2 is 0.971 bits per heavy atom. The molecule has 0 aromatic heterocycles. The van der Waals surface area contributed by atoms with E-state index in [1.165, 1.54) is 53.2 Å². The van der Waals surface area contributed by atoms with Gasteiger partial charge in [0, 0.05) is 10.9 Å². The molecule has 182 valence electrons. The zero-order chi connectivity index (χ0) is 24.3. The predicted octanol–water partition coefficient (Wildman–Crippen LogP) is 9.12. The maximum Gasteiger partial charge on any atom is 0.348 e. The van der Waals surface area contributed by atoms with E-state index in [2.05, 4.69) is 103 Å². The van der Waals surface area contributed by atoms with E-state index in [9.17, 15) is 9.32 Å². The number of rotatable bonds is 13. The molecular weight excluding hydrogens is 443 g/mol. The quantitative estimate of drug-likeness (QED) is 0.180. The molecule has 0 saturated carbocycles. The number of carbonyl (C=O) groups is 1. The van der Waals surface area contributed by atoms with Crippen LogP contribution in [0.3, 0.4) is 0 Å². The van der Waals surface area contributed by atoms with Crippen LogP contribution >= 0.6 is 0 Å². The van der Waals surface area contributed by atoms with Gasteiger partial charge in [0.05, 0.1) is 10.9 Å². The van der Waals surface area contributed by atoms with Gasteiger partial charge in [0.15, 0.2) is 14.7 Å². The molecule has 0 aliphatic carbocycles. The van der Waals surface area contributed by atoms with Gasteiger partial charge in [-0.25, -0.2) is 4.79 Å². The van der Waals surface area contributed by atoms with Crippen molar-refractivity contribution in [2.45, 2.75) is 85.8 Å². The van der Waals surface area contributed by atoms with Crippen molar-refractivity contribution in [1.82, 2.24) is 0 Å². The first kappa shape index (κ1) is 27.7. The fourth-order valence-corrected chi connectivity index (χ4v) is 5.80. The standard InChI is InChI=1S/C18H15S.C12H23FO2/c1-4-10-16(11-5-1)19(17-12-6-2-7-13-17)18-14-8-3-9-15-18;1-2-3-4-5-6-7-8-9-10-11-12(14)15-13/h1-15H;2-11H2,1H3/q+1;. The van der Waals surface area contributed by atoms with Gasteiger partial charge in [0.1, 0.15) is 0 Å². The Balaban J connectivity index is 0.000000249. The number of benzene rings is 3. The van der Waals surface area contributed by atoms with Gasteiger partial charge >= 0.3 is 5.97 Å². The van der Waals surface area contributed by atoms with Gasteiger partial charge in [-0.15, -0.1) is 0 Å². The lowest BCUT2D eigenvalue weighted by Gasteiger charge is -2.07. The maximum absolute atomic E-state index is 11.3. The monoisotopic (exact) mass is 481 g/mol. The smallest absolute Gasteiger partial charge is 0.255 e. The molecule has 0 aliphatic heterocycles. The van der Waals surface area contributed by atoms with Crippen molar-refractivity contribution in [3.05, 3.63) is 91.0 Å². The zero-order valence-corrected chi connectivity index (χ0v) is 21.2. The molecule has 34 heavy (non-hydrogen) atoms. The maximum atomic E-state index is 11.3. The summed E-state index contributed by atoms with van der Waals surface area (Å²) < 4.78 is 11.3. The second-order valence-corrected chi connectivity index (χ2v) is 10.3. The van der Waals surface area contributed by atoms with Crippen LogP contribution in [0.1, 0.15) is 71.1 Å². The lowest BCUT2D eigenvalue weighted by Crippen LogP contribution is -2.04. The molecule has 3 aromatic rings. The summed E-state index contributed by atoms with van der Waals surface area (Å²) in [6, 6.07) is 32.2. The minimum atomic E-state index is -0.738. The molecule has 3 aromatic carbocycles. The summed E-state index contributed by atoms with van der Waals surface area (Å²) in [5, 5.41) is 0. The van der Waals surface area contributed by atoms with E-state index >= 15 is 0 Å². The molecule has 4 heteroatoms. The summed E-state index contributed by atoms with van der Waals surface area (Å²) in [5.41, 5.74) is 0. The molecule has 0 atom stereocenters. The zero-order valence-electron chi connectivity index (χ0n) is 20.3. The Morgan fingerprint density at radius 3 is 1.32 bits per heavy atom. The predicted molar refractivity (Wildman–Crippen MR) is 141 cm³/mol. The number of hydrogen-bond donors (Lipinski definition) is 0. The van der Waals surface area contributed by atoms with Gasteiger partial charge in [0.2, 0.25) is 0 Å². The van der Waals surface area contributed by atoms with E-state index in [0.29, 0.717) is 0 Å².